The van der Waals surface area contributed by atoms with E-state index in [1.807, 2.05) is 0 Å². The molecule has 2 unspecified atom stereocenters. The summed E-state index contributed by atoms with van der Waals surface area (Å²) in [6.07, 6.45) is 1.71. The van der Waals surface area contributed by atoms with Crippen LogP contribution in [0.4, 0.5) is 10.2 Å². The summed E-state index contributed by atoms with van der Waals surface area (Å²) in [4.78, 5) is 43.3. The molecule has 0 aromatic carbocycles. The van der Waals surface area contributed by atoms with Crippen LogP contribution >= 0.6 is 23.5 Å². The summed E-state index contributed by atoms with van der Waals surface area (Å²) in [5, 5.41) is 14.2. The average Bonchev–Trinajstić information content (AvgIpc) is 3.18. The Morgan fingerprint density at radius 2 is 1.91 bits per heavy atom. The summed E-state index contributed by atoms with van der Waals surface area (Å²) in [5.74, 6) is 1.67. The lowest BCUT2D eigenvalue weighted by Gasteiger charge is -2.22. The van der Waals surface area contributed by atoms with Gasteiger partial charge in [0, 0.05) is 0 Å². The number of nitrogens with zero attached hydrogens (tertiary/aromatic N) is 4. The third-order valence-corrected chi connectivity index (χ3v) is 7.94. The monoisotopic (exact) mass is 533 g/mol. The fourth-order valence-corrected chi connectivity index (χ4v) is 5.88. The lowest BCUT2D eigenvalue weighted by Crippen LogP contribution is -2.41. The number of hydrogen-bond donors (Lipinski definition) is 6. The molecule has 1 saturated heterocycles. The van der Waals surface area contributed by atoms with Gasteiger partial charge in [-0.2, -0.15) is 13.7 Å². The van der Waals surface area contributed by atoms with Crippen molar-refractivity contribution in [1.82, 2.24) is 19.6 Å². The maximum atomic E-state index is 15.5. The molecule has 17 nitrogen and oxygen atoms in total. The highest BCUT2D eigenvalue weighted by molar-refractivity contribution is 7.66. The Morgan fingerprint density at radius 1 is 1.24 bits per heavy atom. The van der Waals surface area contributed by atoms with Crippen molar-refractivity contribution >= 4 is 34.9 Å². The van der Waals surface area contributed by atoms with Crippen molar-refractivity contribution in [3.8, 4) is 12.3 Å². The molecule has 2 aromatic rings. The molecule has 2 aromatic heterocycles. The van der Waals surface area contributed by atoms with E-state index in [1.54, 1.807) is 5.92 Å². The minimum Gasteiger partial charge on any atom is -0.386 e. The maximum Gasteiger partial charge on any atom is 0.490 e. The Morgan fingerprint density at radius 3 is 2.52 bits per heavy atom. The Bertz CT molecular complexity index is 1250. The van der Waals surface area contributed by atoms with Crippen molar-refractivity contribution in [2.75, 3.05) is 12.3 Å². The molecule has 1 aliphatic heterocycles. The standard InChI is InChI=1S/C12H15FN5O12P3/c1-2-12(13)8(19)7(4-27-32(23,24)30-33(25,26)29-31(20,21)22)28-9(12)6-3-15-11-10(14)16-5-17-18(6)11/h1,3,5,7-9,19H,4H2,(H,23,24)(H,25,26)(H2,14,16,17)(H2,20,21,22)/t7-,8-,9+,12-/m1/s1. The first-order chi connectivity index (χ1) is 15.1. The van der Waals surface area contributed by atoms with E-state index < -0.39 is 54.1 Å². The molecule has 3 heterocycles. The largest absolute Gasteiger partial charge is 0.490 e. The molecule has 182 valence electrons. The molecule has 1 fully saturated rings. The molecule has 7 N–H and O–H groups in total. The van der Waals surface area contributed by atoms with E-state index in [1.165, 1.54) is 0 Å². The van der Waals surface area contributed by atoms with Crippen LogP contribution in [-0.4, -0.2) is 68.7 Å². The van der Waals surface area contributed by atoms with E-state index in [2.05, 4.69) is 28.2 Å². The van der Waals surface area contributed by atoms with E-state index in [9.17, 15) is 23.7 Å². The lowest BCUT2D eigenvalue weighted by molar-refractivity contribution is -0.0238. The number of imidazole rings is 1. The number of aliphatic hydroxyl groups excluding tert-OH is 1. The van der Waals surface area contributed by atoms with Gasteiger partial charge in [-0.05, 0) is 0 Å². The van der Waals surface area contributed by atoms with Crippen LogP contribution in [0.25, 0.3) is 5.65 Å². The van der Waals surface area contributed by atoms with Crippen molar-refractivity contribution < 1.29 is 60.6 Å². The van der Waals surface area contributed by atoms with Crippen molar-refractivity contribution in [1.29, 1.82) is 0 Å². The van der Waals surface area contributed by atoms with Gasteiger partial charge in [0.2, 0.25) is 5.67 Å². The molecule has 33 heavy (non-hydrogen) atoms. The number of terminal acetylenes is 1. The summed E-state index contributed by atoms with van der Waals surface area (Å²) in [6.45, 7) is -1.14. The molecule has 0 aliphatic carbocycles. The smallest absolute Gasteiger partial charge is 0.386 e. The second-order valence-corrected chi connectivity index (χ2v) is 10.8. The number of hydrogen-bond acceptors (Lipinski definition) is 12. The molecule has 0 spiro atoms. The fourth-order valence-electron chi connectivity index (χ4n) is 2.85. The Kier molecular flexibility index (Phi) is 6.84. The van der Waals surface area contributed by atoms with Crippen molar-refractivity contribution in [3.63, 3.8) is 0 Å². The van der Waals surface area contributed by atoms with E-state index in [-0.39, 0.29) is 17.2 Å². The minimum atomic E-state index is -5.78. The summed E-state index contributed by atoms with van der Waals surface area (Å²) in [5.41, 5.74) is 2.63. The second-order valence-electron chi connectivity index (χ2n) is 6.36. The summed E-state index contributed by atoms with van der Waals surface area (Å²) >= 11 is 0. The topological polar surface area (TPSA) is 258 Å². The number of phosphoric acid groups is 3. The zero-order chi connectivity index (χ0) is 24.8. The van der Waals surface area contributed by atoms with Gasteiger partial charge < -0.3 is 35.2 Å². The summed E-state index contributed by atoms with van der Waals surface area (Å²) < 4.78 is 67.2. The van der Waals surface area contributed by atoms with Crippen LogP contribution in [0.3, 0.4) is 0 Å². The number of nitrogens with two attached hydrogens (primary N) is 1. The molecule has 3 rings (SSSR count). The number of fused-ring (bicyclic) bond motifs is 1. The Labute approximate surface area is 182 Å². The molecule has 21 heteroatoms. The van der Waals surface area contributed by atoms with Gasteiger partial charge in [0.15, 0.2) is 11.5 Å². The number of rotatable bonds is 8. The third-order valence-electron chi connectivity index (χ3n) is 4.14. The quantitative estimate of drug-likeness (QED) is 0.179. The molecule has 0 radical (unpaired) electrons. The van der Waals surface area contributed by atoms with E-state index in [0.717, 1.165) is 17.0 Å². The predicted molar refractivity (Wildman–Crippen MR) is 101 cm³/mol. The zero-order valence-electron chi connectivity index (χ0n) is 15.9. The normalized spacial score (nSPS) is 29.4. The van der Waals surface area contributed by atoms with Crippen LogP contribution in [-0.2, 0) is 31.6 Å². The molecular formula is C12H15FN5O12P3. The number of nitrogen functional groups attached to an aromatic ring is 1. The Hall–Kier alpha value is -1.83. The van der Waals surface area contributed by atoms with Crippen molar-refractivity contribution in [3.05, 3.63) is 18.2 Å². The number of ether oxygens (including phenoxy) is 1. The third kappa shape index (κ3) is 5.47. The first kappa shape index (κ1) is 25.8. The summed E-state index contributed by atoms with van der Waals surface area (Å²) in [6, 6.07) is 0. The highest BCUT2D eigenvalue weighted by Gasteiger charge is 2.58. The second kappa shape index (κ2) is 8.75. The van der Waals surface area contributed by atoms with Crippen molar-refractivity contribution in [2.45, 2.75) is 24.0 Å². The van der Waals surface area contributed by atoms with Crippen LogP contribution in [0.5, 0.6) is 0 Å². The lowest BCUT2D eigenvalue weighted by atomic mass is 9.92. The van der Waals surface area contributed by atoms with Gasteiger partial charge in [-0.15, -0.1) is 6.42 Å². The number of anilines is 1. The van der Waals surface area contributed by atoms with Gasteiger partial charge >= 0.3 is 23.5 Å². The molecule has 0 saturated carbocycles. The fraction of sp³-hybridized carbons (Fsp3) is 0.417. The summed E-state index contributed by atoms with van der Waals surface area (Å²) in [7, 11) is -16.9. The van der Waals surface area contributed by atoms with E-state index >= 15 is 4.39 Å². The molecule has 0 amide bonds. The van der Waals surface area contributed by atoms with Gasteiger partial charge in [-0.25, -0.2) is 32.6 Å². The maximum absolute atomic E-state index is 15.5. The first-order valence-corrected chi connectivity index (χ1v) is 12.8. The number of phosphoric ester groups is 1. The van der Waals surface area contributed by atoms with Crippen LogP contribution in [0.15, 0.2) is 12.5 Å². The highest BCUT2D eigenvalue weighted by atomic mass is 31.3. The highest BCUT2D eigenvalue weighted by Crippen LogP contribution is 2.66. The number of aromatic nitrogens is 4. The van der Waals surface area contributed by atoms with Gasteiger partial charge in [-0.1, -0.05) is 5.92 Å². The van der Waals surface area contributed by atoms with Crippen molar-refractivity contribution in [2.24, 2.45) is 0 Å². The van der Waals surface area contributed by atoms with Gasteiger partial charge in [0.05, 0.1) is 18.5 Å². The SMILES string of the molecule is C#C[C@@]1(F)[C@H](O)[C@@H](COP(=O)(O)OP(=O)(O)OP(=O)(O)O)O[C@H]1c1cnc2c(N)ncnn12. The number of aliphatic hydroxyl groups is 1. The predicted octanol–water partition coefficient (Wildman–Crippen LogP) is -0.808. The zero-order valence-corrected chi connectivity index (χ0v) is 18.5. The molecule has 1 aliphatic rings. The average molecular weight is 533 g/mol. The number of alkyl halides is 1. The van der Waals surface area contributed by atoms with E-state index in [4.69, 9.17) is 31.6 Å². The van der Waals surface area contributed by atoms with Crippen LogP contribution in [0, 0.1) is 12.3 Å². The van der Waals surface area contributed by atoms with Gasteiger partial charge in [0.25, 0.3) is 0 Å². The Balaban J connectivity index is 1.79. The molecule has 6 atom stereocenters. The van der Waals surface area contributed by atoms with Gasteiger partial charge in [-0.3, -0.25) is 4.52 Å². The number of halogens is 1. The minimum absolute atomic E-state index is 0.0154. The van der Waals surface area contributed by atoms with Crippen LogP contribution in [0.1, 0.15) is 11.8 Å². The van der Waals surface area contributed by atoms with Crippen LogP contribution in [0.2, 0.25) is 0 Å². The van der Waals surface area contributed by atoms with E-state index in [0.29, 0.717) is 0 Å². The van der Waals surface area contributed by atoms with Crippen LogP contribution < -0.4 is 5.73 Å². The molecular weight excluding hydrogens is 518 g/mol. The molecule has 0 bridgehead atoms. The first-order valence-electron chi connectivity index (χ1n) is 8.31. The van der Waals surface area contributed by atoms with Gasteiger partial charge in [0.1, 0.15) is 24.6 Å².